The summed E-state index contributed by atoms with van der Waals surface area (Å²) in [6, 6.07) is 0. The van der Waals surface area contributed by atoms with Gasteiger partial charge in [-0.2, -0.15) is 0 Å². The Bertz CT molecular complexity index is 171. The molecule has 0 heterocycles. The first-order chi connectivity index (χ1) is 5.22. The number of alkyl halides is 1. The van der Waals surface area contributed by atoms with Crippen LogP contribution in [0.5, 0.6) is 0 Å². The lowest BCUT2D eigenvalue weighted by Gasteiger charge is -1.97. The predicted molar refractivity (Wildman–Crippen MR) is 44.0 cm³/mol. The molecule has 0 rings (SSSR count). The summed E-state index contributed by atoms with van der Waals surface area (Å²) in [4.78, 5) is 0. The van der Waals surface area contributed by atoms with Crippen LogP contribution < -0.4 is 0 Å². The number of aliphatic hydroxyl groups is 1. The topological polar surface area (TPSA) is 20.2 Å². The lowest BCUT2D eigenvalue weighted by atomic mass is 10.2. The highest BCUT2D eigenvalue weighted by Crippen LogP contribution is 2.05. The second-order valence-corrected chi connectivity index (χ2v) is 2.37. The average molecular weight is 177 g/mol. The normalized spacial score (nSPS) is 14.2. The fourth-order valence-electron chi connectivity index (χ4n) is 0.508. The molecule has 1 nitrogen and oxygen atoms in total. The van der Waals surface area contributed by atoms with Crippen molar-refractivity contribution in [3.8, 4) is 12.3 Å². The molecule has 0 spiro atoms. The number of unbranched alkanes of at least 4 members (excludes halogenated alkanes) is 1. The average Bonchev–Trinajstić information content (AvgIpc) is 2.03. The number of allylic oxidation sites excluding steroid dienone is 1. The lowest BCUT2D eigenvalue weighted by Crippen LogP contribution is -2.02. The number of hydrogen-bond acceptors (Lipinski definition) is 1. The van der Waals surface area contributed by atoms with Crippen molar-refractivity contribution in [2.75, 3.05) is 5.88 Å². The van der Waals surface area contributed by atoms with E-state index in [-0.39, 0.29) is 0 Å². The lowest BCUT2D eigenvalue weighted by molar-refractivity contribution is 0.236. The van der Waals surface area contributed by atoms with Crippen LogP contribution in [0.2, 0.25) is 0 Å². The van der Waals surface area contributed by atoms with E-state index in [4.69, 9.17) is 23.1 Å². The molecule has 1 N–H and O–H groups in total. The largest absolute Gasteiger partial charge is 0.374 e. The molecule has 1 unspecified atom stereocenters. The van der Waals surface area contributed by atoms with Gasteiger partial charge >= 0.3 is 0 Å². The van der Waals surface area contributed by atoms with Crippen LogP contribution in [0.4, 0.5) is 4.39 Å². The van der Waals surface area contributed by atoms with Crippen molar-refractivity contribution in [1.82, 2.24) is 0 Å². The van der Waals surface area contributed by atoms with Crippen molar-refractivity contribution in [2.24, 2.45) is 0 Å². The maximum absolute atomic E-state index is 12.5. The third kappa shape index (κ3) is 4.83. The summed E-state index contributed by atoms with van der Waals surface area (Å²) in [5, 5.41) is 8.71. The summed E-state index contributed by atoms with van der Waals surface area (Å²) >= 11 is 5.34. The molecule has 11 heavy (non-hydrogen) atoms. The quantitative estimate of drug-likeness (QED) is 0.394. The smallest absolute Gasteiger partial charge is 0.165 e. The summed E-state index contributed by atoms with van der Waals surface area (Å²) in [7, 11) is 0. The van der Waals surface area contributed by atoms with E-state index in [1.54, 1.807) is 0 Å². The van der Waals surface area contributed by atoms with Crippen molar-refractivity contribution in [3.63, 3.8) is 0 Å². The first kappa shape index (κ1) is 10.5. The zero-order valence-electron chi connectivity index (χ0n) is 6.06. The highest BCUT2D eigenvalue weighted by atomic mass is 35.5. The standard InChI is InChI=1S/C8H10ClFO/c1-2-8(11)7(10)5-3-4-6-9/h1,5,8,11H,3-4,6H2/b7-5-. The first-order valence-electron chi connectivity index (χ1n) is 3.28. The van der Waals surface area contributed by atoms with E-state index in [2.05, 4.69) is 0 Å². The Balaban J connectivity index is 3.73. The highest BCUT2D eigenvalue weighted by Gasteiger charge is 2.03. The number of terminal acetylenes is 1. The van der Waals surface area contributed by atoms with E-state index in [1.807, 2.05) is 5.92 Å². The van der Waals surface area contributed by atoms with Gasteiger partial charge in [0, 0.05) is 5.88 Å². The predicted octanol–water partition coefficient (Wildman–Crippen LogP) is 1.85. The van der Waals surface area contributed by atoms with Gasteiger partial charge in [0.1, 0.15) is 5.83 Å². The van der Waals surface area contributed by atoms with E-state index in [1.165, 1.54) is 6.08 Å². The van der Waals surface area contributed by atoms with E-state index in [9.17, 15) is 4.39 Å². The molecule has 0 aliphatic rings. The Labute approximate surface area is 70.9 Å². The van der Waals surface area contributed by atoms with Crippen LogP contribution in [0.3, 0.4) is 0 Å². The van der Waals surface area contributed by atoms with E-state index < -0.39 is 11.9 Å². The van der Waals surface area contributed by atoms with Crippen LogP contribution in [0.15, 0.2) is 11.9 Å². The van der Waals surface area contributed by atoms with Gasteiger partial charge in [0.15, 0.2) is 6.10 Å². The second kappa shape index (κ2) is 6.21. The number of hydrogen-bond donors (Lipinski definition) is 1. The molecular formula is C8H10ClFO. The van der Waals surface area contributed by atoms with E-state index in [0.717, 1.165) is 0 Å². The Hall–Kier alpha value is -0.520. The van der Waals surface area contributed by atoms with Crippen LogP contribution in [-0.4, -0.2) is 17.1 Å². The first-order valence-corrected chi connectivity index (χ1v) is 3.81. The Morgan fingerprint density at radius 3 is 2.91 bits per heavy atom. The maximum atomic E-state index is 12.5. The molecule has 0 aromatic carbocycles. The Morgan fingerprint density at radius 2 is 2.45 bits per heavy atom. The molecule has 0 radical (unpaired) electrons. The van der Waals surface area contributed by atoms with Gasteiger partial charge in [-0.25, -0.2) is 4.39 Å². The second-order valence-electron chi connectivity index (χ2n) is 1.99. The molecule has 0 amide bonds. The van der Waals surface area contributed by atoms with Gasteiger partial charge < -0.3 is 5.11 Å². The molecule has 0 saturated heterocycles. The molecule has 0 bridgehead atoms. The van der Waals surface area contributed by atoms with Crippen molar-refractivity contribution in [1.29, 1.82) is 0 Å². The summed E-state index contributed by atoms with van der Waals surface area (Å²) < 4.78 is 12.5. The van der Waals surface area contributed by atoms with Crippen LogP contribution in [0.25, 0.3) is 0 Å². The summed E-state index contributed by atoms with van der Waals surface area (Å²) in [5.74, 6) is 1.68. The van der Waals surface area contributed by atoms with Gasteiger partial charge in [0.2, 0.25) is 0 Å². The third-order valence-electron chi connectivity index (χ3n) is 1.10. The zero-order valence-corrected chi connectivity index (χ0v) is 6.81. The minimum absolute atomic E-state index is 0.482. The monoisotopic (exact) mass is 176 g/mol. The number of halogens is 2. The van der Waals surface area contributed by atoms with Crippen molar-refractivity contribution in [2.45, 2.75) is 18.9 Å². The van der Waals surface area contributed by atoms with Gasteiger partial charge in [-0.3, -0.25) is 0 Å². The van der Waals surface area contributed by atoms with Crippen LogP contribution in [0, 0.1) is 12.3 Å². The molecule has 0 aromatic rings. The van der Waals surface area contributed by atoms with Crippen molar-refractivity contribution < 1.29 is 9.50 Å². The van der Waals surface area contributed by atoms with Crippen LogP contribution in [-0.2, 0) is 0 Å². The van der Waals surface area contributed by atoms with Crippen LogP contribution in [0.1, 0.15) is 12.8 Å². The molecule has 0 fully saturated rings. The van der Waals surface area contributed by atoms with Gasteiger partial charge in [0.25, 0.3) is 0 Å². The molecule has 1 atom stereocenters. The van der Waals surface area contributed by atoms with Gasteiger partial charge in [-0.05, 0) is 18.9 Å². The molecular weight excluding hydrogens is 167 g/mol. The van der Waals surface area contributed by atoms with Crippen molar-refractivity contribution in [3.05, 3.63) is 11.9 Å². The number of aliphatic hydroxyl groups excluding tert-OH is 1. The fraction of sp³-hybridized carbons (Fsp3) is 0.500. The highest BCUT2D eigenvalue weighted by molar-refractivity contribution is 6.17. The number of rotatable bonds is 4. The zero-order chi connectivity index (χ0) is 8.69. The summed E-state index contributed by atoms with van der Waals surface area (Å²) in [5.41, 5.74) is 0. The summed E-state index contributed by atoms with van der Waals surface area (Å²) in [6.45, 7) is 0. The van der Waals surface area contributed by atoms with E-state index >= 15 is 0 Å². The minimum Gasteiger partial charge on any atom is -0.374 e. The fourth-order valence-corrected chi connectivity index (χ4v) is 0.663. The molecule has 0 aliphatic heterocycles. The molecule has 0 aliphatic carbocycles. The minimum atomic E-state index is -1.40. The SMILES string of the molecule is C#CC(O)/C(F)=C/CCCCl. The molecule has 0 saturated carbocycles. The van der Waals surface area contributed by atoms with Crippen LogP contribution >= 0.6 is 11.6 Å². The molecule has 62 valence electrons. The van der Waals surface area contributed by atoms with E-state index in [0.29, 0.717) is 18.7 Å². The molecule has 0 aromatic heterocycles. The Morgan fingerprint density at radius 1 is 1.82 bits per heavy atom. The van der Waals surface area contributed by atoms with Crippen molar-refractivity contribution >= 4 is 11.6 Å². The van der Waals surface area contributed by atoms with Gasteiger partial charge in [0.05, 0.1) is 0 Å². The van der Waals surface area contributed by atoms with Gasteiger partial charge in [-0.15, -0.1) is 18.0 Å². The summed E-state index contributed by atoms with van der Waals surface area (Å²) in [6.07, 6.45) is 5.82. The molecule has 3 heteroatoms. The van der Waals surface area contributed by atoms with Gasteiger partial charge in [-0.1, -0.05) is 5.92 Å². The Kier molecular flexibility index (Phi) is 5.91. The third-order valence-corrected chi connectivity index (χ3v) is 1.36. The maximum Gasteiger partial charge on any atom is 0.165 e.